The number of para-hydroxylation sites is 1. The first-order valence-corrected chi connectivity index (χ1v) is 14.5. The lowest BCUT2D eigenvalue weighted by Gasteiger charge is -2.14. The van der Waals surface area contributed by atoms with Crippen LogP contribution >= 0.6 is 11.8 Å². The molecule has 0 unspecified atom stereocenters. The van der Waals surface area contributed by atoms with Crippen molar-refractivity contribution >= 4 is 46.9 Å². The summed E-state index contributed by atoms with van der Waals surface area (Å²) < 4.78 is 10.9. The number of benzene rings is 4. The Balaban J connectivity index is 1.46. The number of carbonyl (C=O) groups excluding carboxylic acids is 3. The number of hydrogen-bond acceptors (Lipinski definition) is 6. The molecule has 0 spiro atoms. The van der Waals surface area contributed by atoms with Crippen LogP contribution in [0.3, 0.4) is 0 Å². The molecule has 0 fully saturated rings. The van der Waals surface area contributed by atoms with E-state index in [2.05, 4.69) is 16.0 Å². The predicted octanol–water partition coefficient (Wildman–Crippen LogP) is 6.46. The van der Waals surface area contributed by atoms with E-state index in [9.17, 15) is 14.4 Å². The van der Waals surface area contributed by atoms with Gasteiger partial charge in [0, 0.05) is 27.4 Å². The highest BCUT2D eigenvalue weighted by Crippen LogP contribution is 2.32. The summed E-state index contributed by atoms with van der Waals surface area (Å²) in [4.78, 5) is 39.7. The number of carbonyl (C=O) groups is 3. The molecule has 0 aliphatic carbocycles. The molecule has 0 atom stereocenters. The SMILES string of the molecule is COc1cccc(/C=C(\NC(=O)c2ccccc2)C(=O)Nc2ccc(SCC(=O)Nc3ccc(C)c(C)c3)cc2)c1OC. The maximum absolute atomic E-state index is 13.4. The molecular formula is C34H33N3O5S. The first-order chi connectivity index (χ1) is 20.8. The molecule has 4 aromatic rings. The van der Waals surface area contributed by atoms with Crippen molar-refractivity contribution in [2.75, 3.05) is 30.6 Å². The van der Waals surface area contributed by atoms with Crippen LogP contribution in [0.15, 0.2) is 102 Å². The third kappa shape index (κ3) is 8.50. The average molecular weight is 596 g/mol. The number of hydrogen-bond donors (Lipinski definition) is 3. The van der Waals surface area contributed by atoms with E-state index in [1.54, 1.807) is 60.7 Å². The summed E-state index contributed by atoms with van der Waals surface area (Å²) in [5, 5.41) is 8.48. The highest BCUT2D eigenvalue weighted by molar-refractivity contribution is 8.00. The van der Waals surface area contributed by atoms with Gasteiger partial charge in [-0.3, -0.25) is 14.4 Å². The van der Waals surface area contributed by atoms with Crippen molar-refractivity contribution in [2.45, 2.75) is 18.7 Å². The zero-order valence-corrected chi connectivity index (χ0v) is 25.2. The molecule has 3 N–H and O–H groups in total. The van der Waals surface area contributed by atoms with Crippen LogP contribution in [0.5, 0.6) is 11.5 Å². The van der Waals surface area contributed by atoms with Crippen LogP contribution in [0.2, 0.25) is 0 Å². The molecule has 3 amide bonds. The first kappa shape index (κ1) is 30.9. The zero-order valence-electron chi connectivity index (χ0n) is 24.4. The van der Waals surface area contributed by atoms with Gasteiger partial charge in [-0.25, -0.2) is 0 Å². The van der Waals surface area contributed by atoms with E-state index in [1.807, 2.05) is 44.2 Å². The summed E-state index contributed by atoms with van der Waals surface area (Å²) in [6.07, 6.45) is 1.54. The molecule has 0 heterocycles. The molecule has 0 saturated carbocycles. The van der Waals surface area contributed by atoms with Gasteiger partial charge in [0.05, 0.1) is 20.0 Å². The number of rotatable bonds is 11. The van der Waals surface area contributed by atoms with Crippen molar-refractivity contribution in [3.05, 3.63) is 119 Å². The second-order valence-corrected chi connectivity index (χ2v) is 10.6. The Hall–Kier alpha value is -5.02. The van der Waals surface area contributed by atoms with Crippen molar-refractivity contribution in [1.29, 1.82) is 0 Å². The smallest absolute Gasteiger partial charge is 0.272 e. The third-order valence-corrected chi connectivity index (χ3v) is 7.55. The molecule has 4 aromatic carbocycles. The van der Waals surface area contributed by atoms with Gasteiger partial charge in [0.25, 0.3) is 11.8 Å². The van der Waals surface area contributed by atoms with Gasteiger partial charge in [-0.15, -0.1) is 11.8 Å². The normalized spacial score (nSPS) is 10.9. The van der Waals surface area contributed by atoms with Gasteiger partial charge in [0.15, 0.2) is 11.5 Å². The first-order valence-electron chi connectivity index (χ1n) is 13.5. The Morgan fingerprint density at radius 1 is 0.767 bits per heavy atom. The maximum Gasteiger partial charge on any atom is 0.272 e. The molecule has 0 bridgehead atoms. The second kappa shape index (κ2) is 14.7. The fraction of sp³-hybridized carbons (Fsp3) is 0.147. The Bertz CT molecular complexity index is 1640. The maximum atomic E-state index is 13.4. The van der Waals surface area contributed by atoms with Crippen LogP contribution in [0, 0.1) is 13.8 Å². The molecule has 4 rings (SSSR count). The van der Waals surface area contributed by atoms with Crippen molar-refractivity contribution in [1.82, 2.24) is 5.32 Å². The monoisotopic (exact) mass is 595 g/mol. The van der Waals surface area contributed by atoms with Gasteiger partial charge in [-0.2, -0.15) is 0 Å². The summed E-state index contributed by atoms with van der Waals surface area (Å²) in [5.74, 6) is 0.0762. The lowest BCUT2D eigenvalue weighted by Crippen LogP contribution is -2.30. The lowest BCUT2D eigenvalue weighted by atomic mass is 10.1. The van der Waals surface area contributed by atoms with Crippen molar-refractivity contribution < 1.29 is 23.9 Å². The molecule has 220 valence electrons. The van der Waals surface area contributed by atoms with Crippen LogP contribution in [0.1, 0.15) is 27.0 Å². The van der Waals surface area contributed by atoms with E-state index in [1.165, 1.54) is 37.6 Å². The number of amides is 3. The molecule has 0 aromatic heterocycles. The minimum absolute atomic E-state index is 0.0156. The van der Waals surface area contributed by atoms with Crippen LogP contribution in [-0.4, -0.2) is 37.7 Å². The minimum Gasteiger partial charge on any atom is -0.493 e. The fourth-order valence-electron chi connectivity index (χ4n) is 4.12. The molecule has 0 aliphatic rings. The molecular weight excluding hydrogens is 562 g/mol. The predicted molar refractivity (Wildman–Crippen MR) is 172 cm³/mol. The van der Waals surface area contributed by atoms with Crippen LogP contribution < -0.4 is 25.4 Å². The fourth-order valence-corrected chi connectivity index (χ4v) is 4.82. The number of nitrogens with one attached hydrogen (secondary N) is 3. The number of anilines is 2. The molecule has 8 nitrogen and oxygen atoms in total. The summed E-state index contributed by atoms with van der Waals surface area (Å²) in [5.41, 5.74) is 4.53. The van der Waals surface area contributed by atoms with Gasteiger partial charge in [0.1, 0.15) is 5.70 Å². The number of thioether (sulfide) groups is 1. The van der Waals surface area contributed by atoms with Crippen LogP contribution in [-0.2, 0) is 9.59 Å². The van der Waals surface area contributed by atoms with Gasteiger partial charge >= 0.3 is 0 Å². The lowest BCUT2D eigenvalue weighted by molar-refractivity contribution is -0.114. The van der Waals surface area contributed by atoms with Crippen molar-refractivity contribution in [3.8, 4) is 11.5 Å². The van der Waals surface area contributed by atoms with E-state index in [-0.39, 0.29) is 17.4 Å². The van der Waals surface area contributed by atoms with Gasteiger partial charge in [-0.05, 0) is 85.6 Å². The molecule has 0 radical (unpaired) electrons. The van der Waals surface area contributed by atoms with E-state index in [0.29, 0.717) is 28.3 Å². The minimum atomic E-state index is -0.526. The summed E-state index contributed by atoms with van der Waals surface area (Å²) in [7, 11) is 3.03. The van der Waals surface area contributed by atoms with E-state index < -0.39 is 11.8 Å². The number of methoxy groups -OCH3 is 2. The molecule has 0 saturated heterocycles. The van der Waals surface area contributed by atoms with E-state index in [4.69, 9.17) is 9.47 Å². The molecule has 9 heteroatoms. The van der Waals surface area contributed by atoms with Gasteiger partial charge < -0.3 is 25.4 Å². The zero-order chi connectivity index (χ0) is 30.8. The summed E-state index contributed by atoms with van der Waals surface area (Å²) >= 11 is 1.39. The van der Waals surface area contributed by atoms with Crippen molar-refractivity contribution in [3.63, 3.8) is 0 Å². The van der Waals surface area contributed by atoms with Crippen LogP contribution in [0.4, 0.5) is 11.4 Å². The van der Waals surface area contributed by atoms with Crippen LogP contribution in [0.25, 0.3) is 6.08 Å². The van der Waals surface area contributed by atoms with Gasteiger partial charge in [-0.1, -0.05) is 36.4 Å². The number of aryl methyl sites for hydroxylation is 2. The molecule has 0 aliphatic heterocycles. The largest absolute Gasteiger partial charge is 0.493 e. The standard InChI is InChI=1S/C34H33N3O5S/c1-22-13-14-27(19-23(22)2)35-31(38)21-43-28-17-15-26(16-18-28)36-34(40)29(37-33(39)24-9-6-5-7-10-24)20-25-11-8-12-30(41-3)32(25)42-4/h5-20H,21H2,1-4H3,(H,35,38)(H,36,40)(H,37,39)/b29-20-. The topological polar surface area (TPSA) is 106 Å². The van der Waals surface area contributed by atoms with E-state index >= 15 is 0 Å². The summed E-state index contributed by atoms with van der Waals surface area (Å²) in [6, 6.07) is 26.8. The molecule has 43 heavy (non-hydrogen) atoms. The number of ether oxygens (including phenoxy) is 2. The Morgan fingerprint density at radius 2 is 1.49 bits per heavy atom. The Kier molecular flexibility index (Phi) is 10.6. The highest BCUT2D eigenvalue weighted by atomic mass is 32.2. The third-order valence-electron chi connectivity index (χ3n) is 6.53. The highest BCUT2D eigenvalue weighted by Gasteiger charge is 2.17. The Morgan fingerprint density at radius 3 is 2.16 bits per heavy atom. The summed E-state index contributed by atoms with van der Waals surface area (Å²) in [6.45, 7) is 4.03. The van der Waals surface area contributed by atoms with Crippen molar-refractivity contribution in [2.24, 2.45) is 0 Å². The Labute approximate surface area is 255 Å². The van der Waals surface area contributed by atoms with E-state index in [0.717, 1.165) is 16.1 Å². The van der Waals surface area contributed by atoms with Gasteiger partial charge in [0.2, 0.25) is 5.91 Å². The average Bonchev–Trinajstić information content (AvgIpc) is 3.02. The quantitative estimate of drug-likeness (QED) is 0.136. The second-order valence-electron chi connectivity index (χ2n) is 9.58.